The average molecular weight is 417 g/mol. The van der Waals surface area contributed by atoms with E-state index in [1.165, 1.54) is 0 Å². The second-order valence-electron chi connectivity index (χ2n) is 7.57. The van der Waals surface area contributed by atoms with Crippen molar-refractivity contribution in [3.63, 3.8) is 0 Å². The summed E-state index contributed by atoms with van der Waals surface area (Å²) in [4.78, 5) is 23.8. The Bertz CT molecular complexity index is 1220. The van der Waals surface area contributed by atoms with Gasteiger partial charge in [0, 0.05) is 18.3 Å². The molecule has 1 aliphatic rings. The molecule has 1 atom stereocenters. The lowest BCUT2D eigenvalue weighted by Gasteiger charge is -2.33. The van der Waals surface area contributed by atoms with Gasteiger partial charge in [0.05, 0.1) is 36.2 Å². The molecule has 1 unspecified atom stereocenters. The number of anilines is 2. The molecule has 0 bridgehead atoms. The normalized spacial score (nSPS) is 16.5. The molecule has 9 heteroatoms. The van der Waals surface area contributed by atoms with Crippen molar-refractivity contribution in [2.45, 2.75) is 19.6 Å². The molecule has 1 amide bonds. The van der Waals surface area contributed by atoms with Gasteiger partial charge in [-0.1, -0.05) is 18.2 Å². The summed E-state index contributed by atoms with van der Waals surface area (Å²) in [7, 11) is 0. The van der Waals surface area contributed by atoms with Crippen molar-refractivity contribution in [3.05, 3.63) is 66.2 Å². The fraction of sp³-hybridized carbons (Fsp3) is 0.273. The number of nitrogens with one attached hydrogen (secondary N) is 2. The van der Waals surface area contributed by atoms with Crippen molar-refractivity contribution < 1.29 is 9.53 Å². The van der Waals surface area contributed by atoms with Crippen molar-refractivity contribution >= 4 is 28.6 Å². The van der Waals surface area contributed by atoms with Crippen LogP contribution < -0.4 is 5.32 Å². The molecule has 5 rings (SSSR count). The number of hydrogen-bond acceptors (Lipinski definition) is 6. The number of ether oxygens (including phenoxy) is 1. The summed E-state index contributed by atoms with van der Waals surface area (Å²) in [5, 5.41) is 10.3. The molecule has 0 radical (unpaired) electrons. The minimum absolute atomic E-state index is 0.0396. The van der Waals surface area contributed by atoms with Gasteiger partial charge >= 0.3 is 0 Å². The van der Waals surface area contributed by atoms with Gasteiger partial charge in [-0.15, -0.1) is 0 Å². The minimum atomic E-state index is -0.278. The number of imidazole rings is 1. The maximum Gasteiger partial charge on any atom is 0.242 e. The van der Waals surface area contributed by atoms with Crippen molar-refractivity contribution in [2.24, 2.45) is 0 Å². The highest BCUT2D eigenvalue weighted by atomic mass is 16.5. The zero-order chi connectivity index (χ0) is 21.2. The quantitative estimate of drug-likeness (QED) is 0.518. The van der Waals surface area contributed by atoms with Crippen LogP contribution in [0, 0.1) is 6.92 Å². The van der Waals surface area contributed by atoms with E-state index in [1.807, 2.05) is 64.9 Å². The topological polar surface area (TPSA) is 101 Å². The fourth-order valence-electron chi connectivity index (χ4n) is 3.75. The standard InChI is InChI=1S/C22H23N7O2/c1-15-11-21(27-26-15)25-20-8-4-6-17(24-20)19-12-28(9-10-31-19)22(30)13-29-14-23-16-5-2-3-7-18(16)29/h2-8,11,14,19H,9-10,12-13H2,1H3,(H2,24,25,26,27). The number of nitrogens with zero attached hydrogens (tertiary/aromatic N) is 5. The molecule has 4 aromatic rings. The van der Waals surface area contributed by atoms with Gasteiger partial charge in [0.2, 0.25) is 5.91 Å². The molecule has 1 fully saturated rings. The predicted octanol–water partition coefficient (Wildman–Crippen LogP) is 2.81. The third-order valence-electron chi connectivity index (χ3n) is 5.31. The van der Waals surface area contributed by atoms with Crippen molar-refractivity contribution in [1.29, 1.82) is 0 Å². The number of aryl methyl sites for hydroxylation is 1. The summed E-state index contributed by atoms with van der Waals surface area (Å²) >= 11 is 0. The number of benzene rings is 1. The summed E-state index contributed by atoms with van der Waals surface area (Å²) in [5.74, 6) is 1.43. The maximum absolute atomic E-state index is 13.0. The Balaban J connectivity index is 1.27. The number of morpholine rings is 1. The molecule has 3 aromatic heterocycles. The Labute approximate surface area is 179 Å². The van der Waals surface area contributed by atoms with E-state index < -0.39 is 0 Å². The number of amides is 1. The molecule has 1 aromatic carbocycles. The van der Waals surface area contributed by atoms with E-state index >= 15 is 0 Å². The number of hydrogen-bond donors (Lipinski definition) is 2. The maximum atomic E-state index is 13.0. The Morgan fingerprint density at radius 3 is 3.00 bits per heavy atom. The van der Waals surface area contributed by atoms with Crippen molar-refractivity contribution in [3.8, 4) is 0 Å². The second kappa shape index (κ2) is 8.19. The molecule has 9 nitrogen and oxygen atoms in total. The van der Waals surface area contributed by atoms with Crippen LogP contribution in [0.15, 0.2) is 54.9 Å². The Hall–Kier alpha value is -3.72. The first kappa shape index (κ1) is 19.3. The van der Waals surface area contributed by atoms with Crippen LogP contribution in [0.4, 0.5) is 11.6 Å². The highest BCUT2D eigenvalue weighted by Gasteiger charge is 2.26. The van der Waals surface area contributed by atoms with E-state index in [1.54, 1.807) is 6.33 Å². The van der Waals surface area contributed by atoms with Gasteiger partial charge in [0.1, 0.15) is 18.5 Å². The Kier molecular flexibility index (Phi) is 5.09. The Morgan fingerprint density at radius 1 is 1.23 bits per heavy atom. The number of para-hydroxylation sites is 2. The van der Waals surface area contributed by atoms with Crippen LogP contribution in [0.5, 0.6) is 0 Å². The molecule has 0 saturated carbocycles. The number of aromatic nitrogens is 5. The molecule has 2 N–H and O–H groups in total. The molecule has 158 valence electrons. The van der Waals surface area contributed by atoms with Crippen LogP contribution in [-0.4, -0.2) is 55.2 Å². The summed E-state index contributed by atoms with van der Waals surface area (Å²) < 4.78 is 7.82. The van der Waals surface area contributed by atoms with Crippen LogP contribution in [0.1, 0.15) is 17.5 Å². The number of rotatable bonds is 5. The van der Waals surface area contributed by atoms with Gasteiger partial charge in [0.25, 0.3) is 0 Å². The number of carbonyl (C=O) groups excluding carboxylic acids is 1. The molecular formula is C22H23N7O2. The molecule has 1 saturated heterocycles. The summed E-state index contributed by atoms with van der Waals surface area (Å²) in [5.41, 5.74) is 3.59. The van der Waals surface area contributed by atoms with Crippen LogP contribution in [0.3, 0.4) is 0 Å². The van der Waals surface area contributed by atoms with Gasteiger partial charge < -0.3 is 19.5 Å². The lowest BCUT2D eigenvalue weighted by molar-refractivity contribution is -0.139. The molecular weight excluding hydrogens is 394 g/mol. The molecule has 1 aliphatic heterocycles. The zero-order valence-corrected chi connectivity index (χ0v) is 17.2. The van der Waals surface area contributed by atoms with E-state index in [4.69, 9.17) is 4.74 Å². The minimum Gasteiger partial charge on any atom is -0.368 e. The van der Waals surface area contributed by atoms with E-state index in [2.05, 4.69) is 25.5 Å². The highest BCUT2D eigenvalue weighted by molar-refractivity contribution is 5.80. The zero-order valence-electron chi connectivity index (χ0n) is 17.2. The predicted molar refractivity (Wildman–Crippen MR) is 116 cm³/mol. The lowest BCUT2D eigenvalue weighted by atomic mass is 10.2. The number of H-pyrrole nitrogens is 1. The van der Waals surface area contributed by atoms with Crippen LogP contribution in [-0.2, 0) is 16.1 Å². The smallest absolute Gasteiger partial charge is 0.242 e. The number of fused-ring (bicyclic) bond motifs is 1. The van der Waals surface area contributed by atoms with Gasteiger partial charge in [-0.05, 0) is 31.2 Å². The van der Waals surface area contributed by atoms with E-state index in [0.717, 1.165) is 22.4 Å². The number of pyridine rings is 1. The first-order chi connectivity index (χ1) is 15.2. The van der Waals surface area contributed by atoms with Crippen LogP contribution in [0.25, 0.3) is 11.0 Å². The SMILES string of the molecule is Cc1cc(Nc2cccc(C3CN(C(=O)Cn4cnc5ccccc54)CCO3)n2)n[nH]1. The number of aromatic amines is 1. The van der Waals surface area contributed by atoms with Gasteiger partial charge in [0.15, 0.2) is 5.82 Å². The number of carbonyl (C=O) groups is 1. The van der Waals surface area contributed by atoms with Gasteiger partial charge in [-0.3, -0.25) is 9.89 Å². The van der Waals surface area contributed by atoms with Gasteiger partial charge in [-0.2, -0.15) is 5.10 Å². The van der Waals surface area contributed by atoms with Crippen molar-refractivity contribution in [1.82, 2.24) is 29.6 Å². The Morgan fingerprint density at radius 2 is 2.13 bits per heavy atom. The average Bonchev–Trinajstić information content (AvgIpc) is 3.40. The summed E-state index contributed by atoms with van der Waals surface area (Å²) in [6.45, 7) is 3.69. The summed E-state index contributed by atoms with van der Waals surface area (Å²) in [6, 6.07) is 15.4. The van der Waals surface area contributed by atoms with Gasteiger partial charge in [-0.25, -0.2) is 9.97 Å². The van der Waals surface area contributed by atoms with Crippen molar-refractivity contribution in [2.75, 3.05) is 25.0 Å². The first-order valence-corrected chi connectivity index (χ1v) is 10.2. The monoisotopic (exact) mass is 417 g/mol. The van der Waals surface area contributed by atoms with Crippen LogP contribution >= 0.6 is 0 Å². The third-order valence-corrected chi connectivity index (χ3v) is 5.31. The van der Waals surface area contributed by atoms with E-state index in [9.17, 15) is 4.79 Å². The first-order valence-electron chi connectivity index (χ1n) is 10.2. The van der Waals surface area contributed by atoms with E-state index in [-0.39, 0.29) is 18.6 Å². The van der Waals surface area contributed by atoms with E-state index in [0.29, 0.717) is 31.3 Å². The molecule has 0 aliphatic carbocycles. The molecule has 31 heavy (non-hydrogen) atoms. The third kappa shape index (κ3) is 4.13. The fourth-order valence-corrected chi connectivity index (χ4v) is 3.75. The molecule has 4 heterocycles. The highest BCUT2D eigenvalue weighted by Crippen LogP contribution is 2.23. The molecule has 0 spiro atoms. The second-order valence-corrected chi connectivity index (χ2v) is 7.57. The largest absolute Gasteiger partial charge is 0.368 e. The summed E-state index contributed by atoms with van der Waals surface area (Å²) in [6.07, 6.45) is 1.44. The lowest BCUT2D eigenvalue weighted by Crippen LogP contribution is -2.43. The van der Waals surface area contributed by atoms with Crippen LogP contribution in [0.2, 0.25) is 0 Å².